The van der Waals surface area contributed by atoms with E-state index in [1.807, 2.05) is 19.9 Å². The maximum atomic E-state index is 13.1. The Morgan fingerprint density at radius 3 is 2.42 bits per heavy atom. The van der Waals surface area contributed by atoms with Crippen molar-refractivity contribution in [2.45, 2.75) is 37.2 Å². The van der Waals surface area contributed by atoms with Gasteiger partial charge < -0.3 is 9.84 Å². The zero-order valence-corrected chi connectivity index (χ0v) is 16.1. The van der Waals surface area contributed by atoms with E-state index >= 15 is 0 Å². The van der Waals surface area contributed by atoms with E-state index in [-0.39, 0.29) is 18.0 Å². The molecule has 2 heterocycles. The summed E-state index contributed by atoms with van der Waals surface area (Å²) in [6.07, 6.45) is 3.94. The Kier molecular flexibility index (Phi) is 5.05. The fourth-order valence-electron chi connectivity index (χ4n) is 3.29. The fraction of sp³-hybridized carbons (Fsp3) is 0.421. The second-order valence-electron chi connectivity index (χ2n) is 6.76. The molecular formula is C19H24N2O4S. The average molecular weight is 376 g/mol. The zero-order valence-electron chi connectivity index (χ0n) is 15.3. The van der Waals surface area contributed by atoms with E-state index in [0.29, 0.717) is 18.6 Å². The van der Waals surface area contributed by atoms with Gasteiger partial charge >= 0.3 is 0 Å². The molecule has 0 atom stereocenters. The predicted molar refractivity (Wildman–Crippen MR) is 98.6 cm³/mol. The fourth-order valence-corrected chi connectivity index (χ4v) is 4.95. The second kappa shape index (κ2) is 6.98. The zero-order chi connectivity index (χ0) is 18.9. The van der Waals surface area contributed by atoms with Crippen LogP contribution in [0.15, 0.2) is 41.6 Å². The van der Waals surface area contributed by atoms with Crippen LogP contribution >= 0.6 is 0 Å². The summed E-state index contributed by atoms with van der Waals surface area (Å²) in [7, 11) is -2.22. The van der Waals surface area contributed by atoms with Gasteiger partial charge in [0, 0.05) is 31.0 Å². The maximum absolute atomic E-state index is 13.1. The minimum atomic E-state index is -3.69. The minimum Gasteiger partial charge on any atom is -0.495 e. The Morgan fingerprint density at radius 2 is 1.85 bits per heavy atom. The number of sulfonamides is 1. The van der Waals surface area contributed by atoms with E-state index < -0.39 is 15.6 Å². The summed E-state index contributed by atoms with van der Waals surface area (Å²) in [6.45, 7) is 4.28. The summed E-state index contributed by atoms with van der Waals surface area (Å²) < 4.78 is 33.0. The van der Waals surface area contributed by atoms with Gasteiger partial charge in [0.2, 0.25) is 10.0 Å². The number of piperidine rings is 1. The van der Waals surface area contributed by atoms with Gasteiger partial charge in [-0.3, -0.25) is 4.98 Å². The Hall–Kier alpha value is -1.96. The molecule has 6 nitrogen and oxygen atoms in total. The number of nitrogens with zero attached hydrogens (tertiary/aromatic N) is 2. The number of rotatable bonds is 4. The first-order chi connectivity index (χ1) is 12.3. The van der Waals surface area contributed by atoms with E-state index in [1.54, 1.807) is 30.6 Å². The number of ether oxygens (including phenoxy) is 1. The molecule has 7 heteroatoms. The Labute approximate surface area is 154 Å². The second-order valence-corrected chi connectivity index (χ2v) is 8.67. The van der Waals surface area contributed by atoms with Gasteiger partial charge in [0.05, 0.1) is 12.7 Å². The monoisotopic (exact) mass is 376 g/mol. The van der Waals surface area contributed by atoms with Crippen LogP contribution in [0.2, 0.25) is 0 Å². The summed E-state index contributed by atoms with van der Waals surface area (Å²) in [6, 6.07) is 7.00. The molecule has 1 saturated heterocycles. The van der Waals surface area contributed by atoms with Gasteiger partial charge in [-0.15, -0.1) is 0 Å². The molecule has 1 aromatic heterocycles. The number of aryl methyl sites for hydroxylation is 2. The number of aromatic nitrogens is 1. The van der Waals surface area contributed by atoms with Gasteiger partial charge in [0.15, 0.2) is 0 Å². The van der Waals surface area contributed by atoms with E-state index in [4.69, 9.17) is 4.74 Å². The lowest BCUT2D eigenvalue weighted by atomic mass is 9.86. The molecule has 0 spiro atoms. The first kappa shape index (κ1) is 18.8. The summed E-state index contributed by atoms with van der Waals surface area (Å²) in [5, 5.41) is 10.9. The SMILES string of the molecule is COc1cc(C)c(C)cc1S(=O)(=O)N1CCC(O)(c2cccnc2)CC1. The predicted octanol–water partition coefficient (Wildman–Crippen LogP) is 2.38. The number of methoxy groups -OCH3 is 1. The van der Waals surface area contributed by atoms with Crippen molar-refractivity contribution in [2.75, 3.05) is 20.2 Å². The smallest absolute Gasteiger partial charge is 0.246 e. The van der Waals surface area contributed by atoms with Gasteiger partial charge in [-0.25, -0.2) is 8.42 Å². The molecule has 0 saturated carbocycles. The average Bonchev–Trinajstić information content (AvgIpc) is 2.64. The molecule has 1 aromatic carbocycles. The molecular weight excluding hydrogens is 352 g/mol. The van der Waals surface area contributed by atoms with Crippen molar-refractivity contribution >= 4 is 10.0 Å². The van der Waals surface area contributed by atoms with Gasteiger partial charge in [0.25, 0.3) is 0 Å². The summed E-state index contributed by atoms with van der Waals surface area (Å²) >= 11 is 0. The summed E-state index contributed by atoms with van der Waals surface area (Å²) in [4.78, 5) is 4.23. The van der Waals surface area contributed by atoms with Crippen LogP contribution in [0.5, 0.6) is 5.75 Å². The van der Waals surface area contributed by atoms with Crippen LogP contribution in [-0.2, 0) is 15.6 Å². The van der Waals surface area contributed by atoms with Gasteiger partial charge in [-0.2, -0.15) is 4.31 Å². The number of benzene rings is 1. The van der Waals surface area contributed by atoms with Gasteiger partial charge in [-0.1, -0.05) is 6.07 Å². The molecule has 1 N–H and O–H groups in total. The van der Waals surface area contributed by atoms with E-state index in [2.05, 4.69) is 4.98 Å². The third-order valence-corrected chi connectivity index (χ3v) is 7.07. The molecule has 26 heavy (non-hydrogen) atoms. The minimum absolute atomic E-state index is 0.176. The Balaban J connectivity index is 1.86. The van der Waals surface area contributed by atoms with Crippen LogP contribution < -0.4 is 4.74 Å². The summed E-state index contributed by atoms with van der Waals surface area (Å²) in [5.41, 5.74) is 1.55. The van der Waals surface area contributed by atoms with Crippen molar-refractivity contribution in [1.29, 1.82) is 0 Å². The first-order valence-electron chi connectivity index (χ1n) is 8.56. The molecule has 0 radical (unpaired) electrons. The van der Waals surface area contributed by atoms with E-state index in [9.17, 15) is 13.5 Å². The lowest BCUT2D eigenvalue weighted by molar-refractivity contribution is -0.00990. The lowest BCUT2D eigenvalue weighted by Gasteiger charge is -2.37. The molecule has 3 rings (SSSR count). The topological polar surface area (TPSA) is 79.7 Å². The number of pyridine rings is 1. The van der Waals surface area contributed by atoms with Crippen LogP contribution in [0.25, 0.3) is 0 Å². The highest BCUT2D eigenvalue weighted by Crippen LogP contribution is 2.36. The molecule has 0 aliphatic carbocycles. The number of aliphatic hydroxyl groups is 1. The highest BCUT2D eigenvalue weighted by molar-refractivity contribution is 7.89. The van der Waals surface area contributed by atoms with Crippen molar-refractivity contribution in [3.63, 3.8) is 0 Å². The quantitative estimate of drug-likeness (QED) is 0.886. The third-order valence-electron chi connectivity index (χ3n) is 5.15. The number of hydrogen-bond acceptors (Lipinski definition) is 5. The molecule has 1 aliphatic rings. The van der Waals surface area contributed by atoms with Crippen molar-refractivity contribution in [3.05, 3.63) is 53.3 Å². The van der Waals surface area contributed by atoms with Crippen LogP contribution in [-0.4, -0.2) is 43.0 Å². The first-order valence-corrected chi connectivity index (χ1v) is 10.0. The molecule has 1 fully saturated rings. The summed E-state index contributed by atoms with van der Waals surface area (Å²) in [5.74, 6) is 0.348. The van der Waals surface area contributed by atoms with Crippen molar-refractivity contribution < 1.29 is 18.3 Å². The Bertz CT molecular complexity index is 889. The van der Waals surface area contributed by atoms with Gasteiger partial charge in [-0.05, 0) is 56.0 Å². The number of hydrogen-bond donors (Lipinski definition) is 1. The highest BCUT2D eigenvalue weighted by Gasteiger charge is 2.39. The highest BCUT2D eigenvalue weighted by atomic mass is 32.2. The van der Waals surface area contributed by atoms with Crippen molar-refractivity contribution in [3.8, 4) is 5.75 Å². The van der Waals surface area contributed by atoms with Gasteiger partial charge in [0.1, 0.15) is 10.6 Å². The van der Waals surface area contributed by atoms with E-state index in [0.717, 1.165) is 16.7 Å². The van der Waals surface area contributed by atoms with Crippen LogP contribution in [0, 0.1) is 13.8 Å². The molecule has 0 unspecified atom stereocenters. The molecule has 0 amide bonds. The third kappa shape index (κ3) is 3.34. The largest absolute Gasteiger partial charge is 0.495 e. The normalized spacial score (nSPS) is 17.8. The standard InChI is InChI=1S/C19H24N2O4S/c1-14-11-17(25-3)18(12-15(14)2)26(23,24)21-9-6-19(22,7-10-21)16-5-4-8-20-13-16/h4-5,8,11-13,22H,6-7,9-10H2,1-3H3. The van der Waals surface area contributed by atoms with Crippen LogP contribution in [0.3, 0.4) is 0 Å². The molecule has 1 aliphatic heterocycles. The maximum Gasteiger partial charge on any atom is 0.246 e. The molecule has 140 valence electrons. The molecule has 2 aromatic rings. The van der Waals surface area contributed by atoms with Crippen LogP contribution in [0.4, 0.5) is 0 Å². The molecule has 0 bridgehead atoms. The van der Waals surface area contributed by atoms with Crippen molar-refractivity contribution in [1.82, 2.24) is 9.29 Å². The lowest BCUT2D eigenvalue weighted by Crippen LogP contribution is -2.45. The Morgan fingerprint density at radius 1 is 1.19 bits per heavy atom. The van der Waals surface area contributed by atoms with E-state index in [1.165, 1.54) is 11.4 Å². The van der Waals surface area contributed by atoms with Crippen molar-refractivity contribution in [2.24, 2.45) is 0 Å². The van der Waals surface area contributed by atoms with Crippen LogP contribution in [0.1, 0.15) is 29.5 Å².